The molecule has 0 saturated heterocycles. The van der Waals surface area contributed by atoms with Gasteiger partial charge in [-0.3, -0.25) is 10.1 Å². The third-order valence-electron chi connectivity index (χ3n) is 4.05. The fourth-order valence-electron chi connectivity index (χ4n) is 2.87. The SMILES string of the molecule is CC(NC1CCCOc2c1ccc1ccccc21)C(N)=O. The minimum Gasteiger partial charge on any atom is -0.493 e. The number of nitrogens with two attached hydrogens (primary N) is 1. The molecule has 1 amide bonds. The second-order valence-electron chi connectivity index (χ2n) is 5.54. The van der Waals surface area contributed by atoms with E-state index in [4.69, 9.17) is 10.5 Å². The van der Waals surface area contributed by atoms with Crippen LogP contribution in [0.5, 0.6) is 5.75 Å². The van der Waals surface area contributed by atoms with Gasteiger partial charge in [-0.2, -0.15) is 0 Å². The maximum Gasteiger partial charge on any atom is 0.234 e. The van der Waals surface area contributed by atoms with Gasteiger partial charge in [0.15, 0.2) is 0 Å². The summed E-state index contributed by atoms with van der Waals surface area (Å²) in [6, 6.07) is 12.1. The van der Waals surface area contributed by atoms with Gasteiger partial charge in [0.2, 0.25) is 5.91 Å². The molecule has 0 saturated carbocycles. The van der Waals surface area contributed by atoms with E-state index in [9.17, 15) is 4.79 Å². The maximum atomic E-state index is 11.3. The van der Waals surface area contributed by atoms with Crippen molar-refractivity contribution in [3.05, 3.63) is 42.0 Å². The lowest BCUT2D eigenvalue weighted by Crippen LogP contribution is -2.40. The van der Waals surface area contributed by atoms with Crippen molar-refractivity contribution in [3.63, 3.8) is 0 Å². The standard InChI is InChI=1S/C17H20N2O2/c1-11(17(18)20)19-15-7-4-10-21-16-13-6-3-2-5-12(13)8-9-14(15)16/h2-3,5-6,8-9,11,15,19H,4,7,10H2,1H3,(H2,18,20). The normalized spacial score (nSPS) is 19.4. The number of benzene rings is 2. The Bertz CT molecular complexity index is 669. The molecule has 110 valence electrons. The molecule has 0 fully saturated rings. The van der Waals surface area contributed by atoms with Gasteiger partial charge in [0.25, 0.3) is 0 Å². The quantitative estimate of drug-likeness (QED) is 0.910. The van der Waals surface area contributed by atoms with E-state index < -0.39 is 0 Å². The molecule has 2 unspecified atom stereocenters. The average molecular weight is 284 g/mol. The number of amides is 1. The van der Waals surface area contributed by atoms with Gasteiger partial charge in [0, 0.05) is 17.0 Å². The Hall–Kier alpha value is -2.07. The van der Waals surface area contributed by atoms with E-state index in [0.717, 1.165) is 29.5 Å². The van der Waals surface area contributed by atoms with Crippen molar-refractivity contribution in [1.82, 2.24) is 5.32 Å². The Morgan fingerprint density at radius 3 is 2.95 bits per heavy atom. The molecule has 2 atom stereocenters. The zero-order chi connectivity index (χ0) is 14.8. The Morgan fingerprint density at radius 1 is 1.33 bits per heavy atom. The summed E-state index contributed by atoms with van der Waals surface area (Å²) < 4.78 is 5.98. The summed E-state index contributed by atoms with van der Waals surface area (Å²) in [7, 11) is 0. The van der Waals surface area contributed by atoms with Gasteiger partial charge in [-0.05, 0) is 25.2 Å². The molecule has 1 heterocycles. The van der Waals surface area contributed by atoms with Gasteiger partial charge < -0.3 is 10.5 Å². The molecule has 4 nitrogen and oxygen atoms in total. The lowest BCUT2D eigenvalue weighted by atomic mass is 9.97. The summed E-state index contributed by atoms with van der Waals surface area (Å²) in [4.78, 5) is 11.3. The van der Waals surface area contributed by atoms with Crippen molar-refractivity contribution >= 4 is 16.7 Å². The molecule has 2 aromatic rings. The maximum absolute atomic E-state index is 11.3. The molecule has 3 rings (SSSR count). The first-order valence-corrected chi connectivity index (χ1v) is 7.36. The van der Waals surface area contributed by atoms with Crippen LogP contribution in [0.25, 0.3) is 10.8 Å². The topological polar surface area (TPSA) is 64.3 Å². The van der Waals surface area contributed by atoms with Crippen LogP contribution in [0.4, 0.5) is 0 Å². The highest BCUT2D eigenvalue weighted by Crippen LogP contribution is 2.37. The summed E-state index contributed by atoms with van der Waals surface area (Å²) in [5, 5.41) is 5.61. The number of primary amides is 1. The monoisotopic (exact) mass is 284 g/mol. The Balaban J connectivity index is 2.03. The van der Waals surface area contributed by atoms with Gasteiger partial charge in [-0.15, -0.1) is 0 Å². The summed E-state index contributed by atoms with van der Waals surface area (Å²) in [6.07, 6.45) is 1.88. The molecule has 2 aromatic carbocycles. The molecular formula is C17H20N2O2. The first-order valence-electron chi connectivity index (χ1n) is 7.36. The number of hydrogen-bond acceptors (Lipinski definition) is 3. The zero-order valence-electron chi connectivity index (χ0n) is 12.1. The van der Waals surface area contributed by atoms with Crippen molar-refractivity contribution < 1.29 is 9.53 Å². The van der Waals surface area contributed by atoms with Crippen LogP contribution in [0.2, 0.25) is 0 Å². The number of nitrogens with one attached hydrogen (secondary N) is 1. The number of rotatable bonds is 3. The van der Waals surface area contributed by atoms with Crippen molar-refractivity contribution in [2.75, 3.05) is 6.61 Å². The van der Waals surface area contributed by atoms with Crippen LogP contribution >= 0.6 is 0 Å². The van der Waals surface area contributed by atoms with E-state index in [1.807, 2.05) is 12.1 Å². The van der Waals surface area contributed by atoms with Crippen molar-refractivity contribution in [2.24, 2.45) is 5.73 Å². The summed E-state index contributed by atoms with van der Waals surface area (Å²) in [5.41, 5.74) is 6.48. The van der Waals surface area contributed by atoms with Crippen LogP contribution in [0.15, 0.2) is 36.4 Å². The molecule has 21 heavy (non-hydrogen) atoms. The van der Waals surface area contributed by atoms with Gasteiger partial charge in [0.05, 0.1) is 12.6 Å². The summed E-state index contributed by atoms with van der Waals surface area (Å²) >= 11 is 0. The first kappa shape index (κ1) is 13.9. The highest BCUT2D eigenvalue weighted by molar-refractivity contribution is 5.90. The first-order chi connectivity index (χ1) is 10.2. The van der Waals surface area contributed by atoms with E-state index in [2.05, 4.69) is 29.6 Å². The Kier molecular flexibility index (Phi) is 3.80. The molecule has 0 spiro atoms. The lowest BCUT2D eigenvalue weighted by molar-refractivity contribution is -0.119. The van der Waals surface area contributed by atoms with Gasteiger partial charge in [0.1, 0.15) is 5.75 Å². The third kappa shape index (κ3) is 2.72. The average Bonchev–Trinajstić information content (AvgIpc) is 2.69. The van der Waals surface area contributed by atoms with Crippen LogP contribution in [0.3, 0.4) is 0 Å². The highest BCUT2D eigenvalue weighted by Gasteiger charge is 2.24. The molecule has 0 radical (unpaired) electrons. The van der Waals surface area contributed by atoms with Crippen LogP contribution in [-0.4, -0.2) is 18.6 Å². The predicted octanol–water partition coefficient (Wildman–Crippen LogP) is 2.52. The number of hydrogen-bond donors (Lipinski definition) is 2. The molecule has 4 heteroatoms. The molecular weight excluding hydrogens is 264 g/mol. The smallest absolute Gasteiger partial charge is 0.234 e. The Morgan fingerprint density at radius 2 is 2.14 bits per heavy atom. The minimum atomic E-state index is -0.354. The van der Waals surface area contributed by atoms with E-state index >= 15 is 0 Å². The third-order valence-corrected chi connectivity index (χ3v) is 4.05. The summed E-state index contributed by atoms with van der Waals surface area (Å²) in [6.45, 7) is 2.50. The molecule has 1 aliphatic rings. The van der Waals surface area contributed by atoms with Crippen molar-refractivity contribution in [1.29, 1.82) is 0 Å². The van der Waals surface area contributed by atoms with E-state index in [1.165, 1.54) is 5.39 Å². The molecule has 1 aliphatic heterocycles. The van der Waals surface area contributed by atoms with E-state index in [0.29, 0.717) is 6.61 Å². The fourth-order valence-corrected chi connectivity index (χ4v) is 2.87. The van der Waals surface area contributed by atoms with Crippen LogP contribution in [-0.2, 0) is 4.79 Å². The van der Waals surface area contributed by atoms with Gasteiger partial charge in [-0.1, -0.05) is 36.4 Å². The van der Waals surface area contributed by atoms with Crippen molar-refractivity contribution in [3.8, 4) is 5.75 Å². The molecule has 3 N–H and O–H groups in total. The van der Waals surface area contributed by atoms with Crippen LogP contribution < -0.4 is 15.8 Å². The number of carbonyl (C=O) groups excluding carboxylic acids is 1. The largest absolute Gasteiger partial charge is 0.493 e. The Labute approximate surface area is 124 Å². The number of fused-ring (bicyclic) bond motifs is 3. The molecule has 0 aromatic heterocycles. The second kappa shape index (κ2) is 5.74. The fraction of sp³-hybridized carbons (Fsp3) is 0.353. The predicted molar refractivity (Wildman–Crippen MR) is 83.2 cm³/mol. The van der Waals surface area contributed by atoms with Gasteiger partial charge in [-0.25, -0.2) is 0 Å². The molecule has 0 aliphatic carbocycles. The number of ether oxygens (including phenoxy) is 1. The minimum absolute atomic E-state index is 0.0922. The lowest BCUT2D eigenvalue weighted by Gasteiger charge is -2.22. The van der Waals surface area contributed by atoms with Crippen molar-refractivity contribution in [2.45, 2.75) is 31.8 Å². The molecule has 0 bridgehead atoms. The zero-order valence-corrected chi connectivity index (χ0v) is 12.1. The van der Waals surface area contributed by atoms with Gasteiger partial charge >= 0.3 is 0 Å². The van der Waals surface area contributed by atoms with Crippen LogP contribution in [0, 0.1) is 0 Å². The van der Waals surface area contributed by atoms with E-state index in [1.54, 1.807) is 6.92 Å². The summed E-state index contributed by atoms with van der Waals surface area (Å²) in [5.74, 6) is 0.599. The number of carbonyl (C=O) groups is 1. The van der Waals surface area contributed by atoms with Crippen LogP contribution in [0.1, 0.15) is 31.4 Å². The highest BCUT2D eigenvalue weighted by atomic mass is 16.5. The van der Waals surface area contributed by atoms with E-state index in [-0.39, 0.29) is 18.0 Å². The second-order valence-corrected chi connectivity index (χ2v) is 5.54.